The van der Waals surface area contributed by atoms with Gasteiger partial charge in [0.05, 0.1) is 11.2 Å². The lowest BCUT2D eigenvalue weighted by atomic mass is 10.1. The van der Waals surface area contributed by atoms with Crippen molar-refractivity contribution in [2.45, 2.75) is 6.42 Å². The van der Waals surface area contributed by atoms with Crippen LogP contribution in [0.3, 0.4) is 0 Å². The molecule has 1 aromatic heterocycles. The van der Waals surface area contributed by atoms with Gasteiger partial charge in [-0.15, -0.1) is 0 Å². The molecule has 0 saturated heterocycles. The van der Waals surface area contributed by atoms with Crippen LogP contribution < -0.4 is 14.8 Å². The van der Waals surface area contributed by atoms with Crippen molar-refractivity contribution < 1.29 is 14.3 Å². The lowest BCUT2D eigenvalue weighted by Crippen LogP contribution is -2.23. The first kappa shape index (κ1) is 16.4. The summed E-state index contributed by atoms with van der Waals surface area (Å²) in [5, 5.41) is 7.40. The van der Waals surface area contributed by atoms with Crippen molar-refractivity contribution in [3.8, 4) is 11.5 Å². The Morgan fingerprint density at radius 2 is 2.25 bits per heavy atom. The zero-order chi connectivity index (χ0) is 16.9. The summed E-state index contributed by atoms with van der Waals surface area (Å²) in [5.41, 5.74) is 1.87. The molecule has 3 rings (SSSR count). The Labute approximate surface area is 145 Å². The lowest BCUT2D eigenvalue weighted by molar-refractivity contribution is -0.116. The third kappa shape index (κ3) is 4.08. The molecule has 0 bridgehead atoms. The van der Waals surface area contributed by atoms with Gasteiger partial charge in [0, 0.05) is 25.9 Å². The van der Waals surface area contributed by atoms with E-state index in [1.54, 1.807) is 29.1 Å². The van der Waals surface area contributed by atoms with E-state index < -0.39 is 0 Å². The molecular formula is C17H18ClN3O3. The summed E-state index contributed by atoms with van der Waals surface area (Å²) in [4.78, 5) is 11.9. The maximum absolute atomic E-state index is 11.9. The molecule has 1 N–H and O–H groups in total. The number of hydrogen-bond donors (Lipinski definition) is 1. The molecule has 24 heavy (non-hydrogen) atoms. The van der Waals surface area contributed by atoms with E-state index in [1.165, 1.54) is 6.08 Å². The maximum atomic E-state index is 11.9. The highest BCUT2D eigenvalue weighted by molar-refractivity contribution is 6.32. The van der Waals surface area contributed by atoms with Crippen LogP contribution in [0, 0.1) is 0 Å². The number of amides is 1. The van der Waals surface area contributed by atoms with Crippen molar-refractivity contribution in [2.75, 3.05) is 19.8 Å². The minimum Gasteiger partial charge on any atom is -0.486 e. The molecule has 0 unspecified atom stereocenters. The van der Waals surface area contributed by atoms with Gasteiger partial charge in [0.15, 0.2) is 11.5 Å². The van der Waals surface area contributed by atoms with Gasteiger partial charge in [-0.3, -0.25) is 9.48 Å². The number of nitrogens with one attached hydrogen (secondary N) is 1. The number of nitrogens with zero attached hydrogens (tertiary/aromatic N) is 2. The molecule has 1 amide bonds. The highest BCUT2D eigenvalue weighted by Gasteiger charge is 2.15. The first-order chi connectivity index (χ1) is 11.6. The molecule has 6 nitrogen and oxygen atoms in total. The summed E-state index contributed by atoms with van der Waals surface area (Å²) in [6.45, 7) is 1.53. The topological polar surface area (TPSA) is 65.4 Å². The summed E-state index contributed by atoms with van der Waals surface area (Å²) < 4.78 is 12.7. The van der Waals surface area contributed by atoms with Gasteiger partial charge in [-0.05, 0) is 35.8 Å². The first-order valence-corrected chi connectivity index (χ1v) is 8.02. The Morgan fingerprint density at radius 1 is 1.42 bits per heavy atom. The molecule has 0 radical (unpaired) electrons. The van der Waals surface area contributed by atoms with E-state index in [-0.39, 0.29) is 5.91 Å². The van der Waals surface area contributed by atoms with E-state index >= 15 is 0 Å². The number of aromatic nitrogens is 2. The van der Waals surface area contributed by atoms with Gasteiger partial charge in [0.1, 0.15) is 13.2 Å². The molecule has 126 valence electrons. The van der Waals surface area contributed by atoms with Crippen LogP contribution in [0.1, 0.15) is 11.1 Å². The molecule has 0 saturated carbocycles. The van der Waals surface area contributed by atoms with Crippen LogP contribution in [-0.2, 0) is 18.3 Å². The molecule has 0 fully saturated rings. The van der Waals surface area contributed by atoms with Crippen LogP contribution in [0.5, 0.6) is 11.5 Å². The van der Waals surface area contributed by atoms with Gasteiger partial charge in [0.2, 0.25) is 5.91 Å². The quantitative estimate of drug-likeness (QED) is 0.842. The Bertz CT molecular complexity index is 770. The summed E-state index contributed by atoms with van der Waals surface area (Å²) >= 11 is 6.17. The van der Waals surface area contributed by atoms with Gasteiger partial charge in [0.25, 0.3) is 0 Å². The molecule has 2 heterocycles. The van der Waals surface area contributed by atoms with Crippen LogP contribution in [0.15, 0.2) is 30.6 Å². The number of aryl methyl sites for hydroxylation is 1. The van der Waals surface area contributed by atoms with Crippen LogP contribution in [0.4, 0.5) is 0 Å². The van der Waals surface area contributed by atoms with Gasteiger partial charge in [-0.2, -0.15) is 5.10 Å². The number of benzene rings is 1. The second kappa shape index (κ2) is 7.40. The minimum atomic E-state index is -0.162. The number of rotatable bonds is 5. The summed E-state index contributed by atoms with van der Waals surface area (Å²) in [6.07, 6.45) is 7.64. The zero-order valence-corrected chi connectivity index (χ0v) is 14.0. The molecule has 1 aliphatic rings. The Kier molecular flexibility index (Phi) is 5.05. The van der Waals surface area contributed by atoms with Gasteiger partial charge < -0.3 is 14.8 Å². The smallest absolute Gasteiger partial charge is 0.244 e. The van der Waals surface area contributed by atoms with Crippen molar-refractivity contribution in [2.24, 2.45) is 7.05 Å². The van der Waals surface area contributed by atoms with E-state index in [0.717, 1.165) is 17.5 Å². The summed E-state index contributed by atoms with van der Waals surface area (Å²) in [6, 6.07) is 3.55. The van der Waals surface area contributed by atoms with Crippen molar-refractivity contribution in [1.82, 2.24) is 15.1 Å². The van der Waals surface area contributed by atoms with Crippen molar-refractivity contribution in [3.63, 3.8) is 0 Å². The number of fused-ring (bicyclic) bond motifs is 1. The highest BCUT2D eigenvalue weighted by Crippen LogP contribution is 2.38. The average Bonchev–Trinajstić information content (AvgIpc) is 2.98. The van der Waals surface area contributed by atoms with E-state index in [2.05, 4.69) is 10.4 Å². The van der Waals surface area contributed by atoms with Crippen molar-refractivity contribution in [3.05, 3.63) is 46.8 Å². The fourth-order valence-corrected chi connectivity index (χ4v) is 2.66. The molecule has 1 aliphatic heterocycles. The van der Waals surface area contributed by atoms with Gasteiger partial charge >= 0.3 is 0 Å². The Balaban J connectivity index is 1.55. The number of carbonyl (C=O) groups excluding carboxylic acids is 1. The fourth-order valence-electron chi connectivity index (χ4n) is 2.39. The fraction of sp³-hybridized carbons (Fsp3) is 0.294. The Morgan fingerprint density at radius 3 is 3.04 bits per heavy atom. The van der Waals surface area contributed by atoms with Gasteiger partial charge in [-0.25, -0.2) is 0 Å². The van der Waals surface area contributed by atoms with Crippen LogP contribution >= 0.6 is 11.6 Å². The monoisotopic (exact) mass is 347 g/mol. The predicted molar refractivity (Wildman–Crippen MR) is 91.4 cm³/mol. The predicted octanol–water partition coefficient (Wildman–Crippen LogP) is 2.22. The van der Waals surface area contributed by atoms with E-state index in [1.807, 2.05) is 13.2 Å². The number of carbonyl (C=O) groups is 1. The van der Waals surface area contributed by atoms with Crippen LogP contribution in [0.2, 0.25) is 5.02 Å². The Hall–Kier alpha value is -2.47. The molecular weight excluding hydrogens is 330 g/mol. The molecule has 0 atom stereocenters. The van der Waals surface area contributed by atoms with Crippen molar-refractivity contribution in [1.29, 1.82) is 0 Å². The van der Waals surface area contributed by atoms with E-state index in [4.69, 9.17) is 21.1 Å². The van der Waals surface area contributed by atoms with E-state index in [0.29, 0.717) is 36.3 Å². The third-order valence-corrected chi connectivity index (χ3v) is 3.80. The highest BCUT2D eigenvalue weighted by atomic mass is 35.5. The summed E-state index contributed by atoms with van der Waals surface area (Å²) in [5.74, 6) is 0.997. The molecule has 1 aromatic carbocycles. The molecule has 7 heteroatoms. The number of halogens is 1. The van der Waals surface area contributed by atoms with E-state index in [9.17, 15) is 4.79 Å². The second-order valence-electron chi connectivity index (χ2n) is 5.42. The van der Waals surface area contributed by atoms with Crippen LogP contribution in [0.25, 0.3) is 6.08 Å². The SMILES string of the molecule is Cn1cc(CCNC(=O)/C=C\c2cc(Cl)c3c(c2)OCCO3)cn1. The average molecular weight is 348 g/mol. The molecule has 0 aliphatic carbocycles. The standard InChI is InChI=1S/C17H18ClN3O3/c1-21-11-13(10-20-21)4-5-19-16(22)3-2-12-8-14(18)17-15(9-12)23-6-7-24-17/h2-3,8-11H,4-7H2,1H3,(H,19,22)/b3-2-. The normalized spacial score (nSPS) is 13.2. The molecule has 2 aromatic rings. The largest absolute Gasteiger partial charge is 0.486 e. The van der Waals surface area contributed by atoms with Gasteiger partial charge in [-0.1, -0.05) is 11.6 Å². The second-order valence-corrected chi connectivity index (χ2v) is 5.83. The van der Waals surface area contributed by atoms with Crippen LogP contribution in [-0.4, -0.2) is 35.4 Å². The first-order valence-electron chi connectivity index (χ1n) is 7.64. The molecule has 0 spiro atoms. The zero-order valence-electron chi connectivity index (χ0n) is 13.3. The minimum absolute atomic E-state index is 0.162. The number of hydrogen-bond acceptors (Lipinski definition) is 4. The van der Waals surface area contributed by atoms with Crippen molar-refractivity contribution >= 4 is 23.6 Å². The number of ether oxygens (including phenoxy) is 2. The third-order valence-electron chi connectivity index (χ3n) is 3.52. The summed E-state index contributed by atoms with van der Waals surface area (Å²) in [7, 11) is 1.86. The lowest BCUT2D eigenvalue weighted by Gasteiger charge is -2.19. The maximum Gasteiger partial charge on any atom is 0.244 e.